The fourth-order valence-electron chi connectivity index (χ4n) is 3.29. The molecule has 3 rings (SSSR count). The second-order valence-electron chi connectivity index (χ2n) is 5.53. The molecular weight excluding hydrogens is 262 g/mol. The van der Waals surface area contributed by atoms with Crippen molar-refractivity contribution < 1.29 is 13.5 Å². The van der Waals surface area contributed by atoms with Crippen LogP contribution in [0.2, 0.25) is 0 Å². The highest BCUT2D eigenvalue weighted by Crippen LogP contribution is 2.37. The van der Waals surface area contributed by atoms with Gasteiger partial charge in [0.2, 0.25) is 10.0 Å². The molecule has 2 fully saturated rings. The monoisotopic (exact) mass is 281 g/mol. The largest absolute Gasteiger partial charge is 0.391 e. The molecule has 3 atom stereocenters. The molecule has 5 heteroatoms. The molecule has 4 nitrogen and oxygen atoms in total. The second kappa shape index (κ2) is 4.89. The zero-order chi connectivity index (χ0) is 13.5. The first kappa shape index (κ1) is 13.1. The van der Waals surface area contributed by atoms with E-state index in [1.807, 2.05) is 0 Å². The van der Waals surface area contributed by atoms with Gasteiger partial charge < -0.3 is 5.11 Å². The molecule has 2 bridgehead atoms. The molecule has 0 spiro atoms. The van der Waals surface area contributed by atoms with Crippen molar-refractivity contribution in [2.75, 3.05) is 6.54 Å². The smallest absolute Gasteiger partial charge is 0.243 e. The number of sulfonamides is 1. The van der Waals surface area contributed by atoms with Crippen LogP contribution in [0.25, 0.3) is 0 Å². The molecule has 1 saturated carbocycles. The summed E-state index contributed by atoms with van der Waals surface area (Å²) in [5, 5.41) is 10.1. The lowest BCUT2D eigenvalue weighted by Gasteiger charge is -2.44. The Balaban J connectivity index is 1.93. The van der Waals surface area contributed by atoms with E-state index in [0.717, 1.165) is 25.7 Å². The van der Waals surface area contributed by atoms with Crippen LogP contribution in [0.15, 0.2) is 35.2 Å². The van der Waals surface area contributed by atoms with E-state index in [0.29, 0.717) is 17.4 Å². The molecule has 1 heterocycles. The van der Waals surface area contributed by atoms with Crippen LogP contribution in [0.3, 0.4) is 0 Å². The van der Waals surface area contributed by atoms with Crippen LogP contribution >= 0.6 is 0 Å². The Morgan fingerprint density at radius 2 is 1.84 bits per heavy atom. The van der Waals surface area contributed by atoms with Crippen molar-refractivity contribution in [3.8, 4) is 0 Å². The molecule has 1 N–H and O–H groups in total. The first-order valence-electron chi connectivity index (χ1n) is 6.84. The van der Waals surface area contributed by atoms with Gasteiger partial charge in [0.05, 0.1) is 17.0 Å². The van der Waals surface area contributed by atoms with E-state index in [2.05, 4.69) is 0 Å². The Labute approximate surface area is 114 Å². The number of nitrogens with zero attached hydrogens (tertiary/aromatic N) is 1. The summed E-state index contributed by atoms with van der Waals surface area (Å²) >= 11 is 0. The Morgan fingerprint density at radius 3 is 2.58 bits per heavy atom. The normalized spacial score (nSPS) is 32.2. The van der Waals surface area contributed by atoms with Crippen molar-refractivity contribution in [3.05, 3.63) is 30.3 Å². The molecule has 0 aromatic heterocycles. The van der Waals surface area contributed by atoms with E-state index in [9.17, 15) is 13.5 Å². The number of aliphatic hydroxyl groups is 1. The van der Waals surface area contributed by atoms with E-state index >= 15 is 0 Å². The van der Waals surface area contributed by atoms with Crippen molar-refractivity contribution in [2.24, 2.45) is 5.92 Å². The molecule has 1 aromatic rings. The molecule has 104 valence electrons. The summed E-state index contributed by atoms with van der Waals surface area (Å²) in [6.07, 6.45) is 2.94. The molecule has 1 aliphatic carbocycles. The Kier molecular flexibility index (Phi) is 3.37. The van der Waals surface area contributed by atoms with Gasteiger partial charge in [-0.3, -0.25) is 0 Å². The number of rotatable bonds is 2. The number of hydrogen-bond acceptors (Lipinski definition) is 3. The predicted octanol–water partition coefficient (Wildman–Crippen LogP) is 1.61. The number of fused-ring (bicyclic) bond motifs is 2. The van der Waals surface area contributed by atoms with E-state index in [4.69, 9.17) is 0 Å². The quantitative estimate of drug-likeness (QED) is 0.896. The molecule has 3 unspecified atom stereocenters. The van der Waals surface area contributed by atoms with E-state index in [1.54, 1.807) is 30.3 Å². The predicted molar refractivity (Wildman–Crippen MR) is 72.1 cm³/mol. The standard InChI is InChI=1S/C14H19NO3S/c16-14-7-6-11-8-9-15(13(14)10-11)19(17,18)12-4-2-1-3-5-12/h1-5,11,13-14,16H,6-10H2. The highest BCUT2D eigenvalue weighted by Gasteiger charge is 2.42. The van der Waals surface area contributed by atoms with Crippen molar-refractivity contribution in [1.29, 1.82) is 0 Å². The van der Waals surface area contributed by atoms with E-state index in [1.165, 1.54) is 4.31 Å². The Morgan fingerprint density at radius 1 is 1.11 bits per heavy atom. The maximum atomic E-state index is 12.6. The molecule has 0 radical (unpaired) electrons. The van der Waals surface area contributed by atoms with Crippen LogP contribution in [0.4, 0.5) is 0 Å². The zero-order valence-electron chi connectivity index (χ0n) is 10.8. The van der Waals surface area contributed by atoms with Gasteiger partial charge in [0.1, 0.15) is 0 Å². The lowest BCUT2D eigenvalue weighted by molar-refractivity contribution is 0.00981. The van der Waals surface area contributed by atoms with Crippen LogP contribution in [0, 0.1) is 5.92 Å². The molecule has 1 aliphatic heterocycles. The topological polar surface area (TPSA) is 57.6 Å². The number of hydrogen-bond donors (Lipinski definition) is 1. The lowest BCUT2D eigenvalue weighted by atomic mass is 9.79. The molecule has 19 heavy (non-hydrogen) atoms. The maximum Gasteiger partial charge on any atom is 0.243 e. The van der Waals surface area contributed by atoms with Gasteiger partial charge in [-0.05, 0) is 43.7 Å². The summed E-state index contributed by atoms with van der Waals surface area (Å²) < 4.78 is 26.8. The summed E-state index contributed by atoms with van der Waals surface area (Å²) in [6.45, 7) is 0.531. The highest BCUT2D eigenvalue weighted by molar-refractivity contribution is 7.89. The zero-order valence-corrected chi connectivity index (χ0v) is 11.6. The number of aliphatic hydroxyl groups excluding tert-OH is 1. The van der Waals surface area contributed by atoms with Crippen LogP contribution < -0.4 is 0 Å². The van der Waals surface area contributed by atoms with Crippen molar-refractivity contribution in [3.63, 3.8) is 0 Å². The van der Waals surface area contributed by atoms with E-state index < -0.39 is 16.1 Å². The third kappa shape index (κ3) is 2.30. The van der Waals surface area contributed by atoms with Crippen molar-refractivity contribution >= 4 is 10.0 Å². The highest BCUT2D eigenvalue weighted by atomic mass is 32.2. The summed E-state index contributed by atoms with van der Waals surface area (Å²) in [4.78, 5) is 0.325. The number of piperidine rings is 1. The summed E-state index contributed by atoms with van der Waals surface area (Å²) in [5.74, 6) is 0.579. The summed E-state index contributed by atoms with van der Waals surface area (Å²) in [6, 6.07) is 8.28. The van der Waals surface area contributed by atoms with Crippen LogP contribution in [0.1, 0.15) is 25.7 Å². The molecular formula is C14H19NO3S. The number of benzene rings is 1. The minimum Gasteiger partial charge on any atom is -0.391 e. The van der Waals surface area contributed by atoms with E-state index in [-0.39, 0.29) is 6.04 Å². The SMILES string of the molecule is O=S(=O)(c1ccccc1)N1CCC2CCC(O)C1C2. The molecule has 2 aliphatic rings. The first-order chi connectivity index (χ1) is 9.09. The summed E-state index contributed by atoms with van der Waals surface area (Å²) in [7, 11) is -3.47. The van der Waals surface area contributed by atoms with Gasteiger partial charge in [0, 0.05) is 6.54 Å². The third-order valence-corrected chi connectivity index (χ3v) is 6.31. The first-order valence-corrected chi connectivity index (χ1v) is 8.28. The fraction of sp³-hybridized carbons (Fsp3) is 0.571. The Hall–Kier alpha value is -0.910. The van der Waals surface area contributed by atoms with Gasteiger partial charge >= 0.3 is 0 Å². The minimum absolute atomic E-state index is 0.238. The average Bonchev–Trinajstić information content (AvgIpc) is 2.44. The van der Waals surface area contributed by atoms with Crippen LogP contribution in [0.5, 0.6) is 0 Å². The van der Waals surface area contributed by atoms with Crippen LogP contribution in [-0.2, 0) is 10.0 Å². The second-order valence-corrected chi connectivity index (χ2v) is 7.42. The van der Waals surface area contributed by atoms with Gasteiger partial charge in [-0.1, -0.05) is 18.2 Å². The van der Waals surface area contributed by atoms with Gasteiger partial charge in [-0.15, -0.1) is 0 Å². The van der Waals surface area contributed by atoms with Crippen molar-refractivity contribution in [2.45, 2.75) is 42.7 Å². The lowest BCUT2D eigenvalue weighted by Crippen LogP contribution is -2.53. The third-order valence-electron chi connectivity index (χ3n) is 4.37. The molecule has 1 saturated heterocycles. The average molecular weight is 281 g/mol. The van der Waals surface area contributed by atoms with Crippen molar-refractivity contribution in [1.82, 2.24) is 4.31 Å². The fourth-order valence-corrected chi connectivity index (χ4v) is 4.99. The molecule has 1 aromatic carbocycles. The van der Waals surface area contributed by atoms with Crippen LogP contribution in [-0.4, -0.2) is 36.5 Å². The van der Waals surface area contributed by atoms with Gasteiger partial charge in [0.15, 0.2) is 0 Å². The van der Waals surface area contributed by atoms with Gasteiger partial charge in [-0.2, -0.15) is 4.31 Å². The van der Waals surface area contributed by atoms with Gasteiger partial charge in [-0.25, -0.2) is 8.42 Å². The molecule has 0 amide bonds. The maximum absolute atomic E-state index is 12.6. The Bertz CT molecular complexity index is 543. The van der Waals surface area contributed by atoms with Gasteiger partial charge in [0.25, 0.3) is 0 Å². The minimum atomic E-state index is -3.47. The summed E-state index contributed by atoms with van der Waals surface area (Å²) in [5.41, 5.74) is 0.